The Hall–Kier alpha value is -1.26. The quantitative estimate of drug-likeness (QED) is 0.761. The van der Waals surface area contributed by atoms with Gasteiger partial charge in [-0.25, -0.2) is 0 Å². The normalized spacial score (nSPS) is 12.6. The molecule has 0 amide bonds. The zero-order valence-corrected chi connectivity index (χ0v) is 14.4. The van der Waals surface area contributed by atoms with Crippen LogP contribution in [0.25, 0.3) is 0 Å². The number of hydrogen-bond donors (Lipinski definition) is 0. The van der Waals surface area contributed by atoms with Crippen LogP contribution in [-0.2, 0) is 10.8 Å². The smallest absolute Gasteiger partial charge is 0.176 e. The van der Waals surface area contributed by atoms with Crippen LogP contribution in [0.2, 0.25) is 0 Å². The molecule has 2 rings (SSSR count). The number of thiophene rings is 1. The van der Waals surface area contributed by atoms with E-state index in [1.807, 2.05) is 44.2 Å². The monoisotopic (exact) mass is 320 g/mol. The SMILES string of the molecule is Cc1cc(C(=O)CS(=O)c2ccc(C(C)C)cc2)c(C)s1. The van der Waals surface area contributed by atoms with Gasteiger partial charge in [0.25, 0.3) is 0 Å². The highest BCUT2D eigenvalue weighted by Crippen LogP contribution is 2.22. The van der Waals surface area contributed by atoms with Crippen LogP contribution in [0.15, 0.2) is 35.2 Å². The van der Waals surface area contributed by atoms with Crippen molar-refractivity contribution in [1.29, 1.82) is 0 Å². The second-order valence-corrected chi connectivity index (χ2v) is 8.38. The van der Waals surface area contributed by atoms with Gasteiger partial charge in [0.1, 0.15) is 0 Å². The molecule has 0 spiro atoms. The molecule has 21 heavy (non-hydrogen) atoms. The van der Waals surface area contributed by atoms with Crippen LogP contribution in [-0.4, -0.2) is 15.7 Å². The zero-order valence-electron chi connectivity index (χ0n) is 12.8. The molecule has 0 aliphatic rings. The summed E-state index contributed by atoms with van der Waals surface area (Å²) in [6, 6.07) is 9.60. The van der Waals surface area contributed by atoms with Crippen molar-refractivity contribution < 1.29 is 9.00 Å². The first-order valence-electron chi connectivity index (χ1n) is 6.97. The van der Waals surface area contributed by atoms with Crippen molar-refractivity contribution in [2.24, 2.45) is 0 Å². The molecule has 0 N–H and O–H groups in total. The minimum atomic E-state index is -1.28. The van der Waals surface area contributed by atoms with Crippen molar-refractivity contribution >= 4 is 27.9 Å². The number of carbonyl (C=O) groups excluding carboxylic acids is 1. The van der Waals surface area contributed by atoms with Crippen LogP contribution in [0, 0.1) is 13.8 Å². The molecule has 2 aromatic rings. The topological polar surface area (TPSA) is 34.1 Å². The van der Waals surface area contributed by atoms with E-state index in [1.54, 1.807) is 11.3 Å². The minimum absolute atomic E-state index is 0.0388. The van der Waals surface area contributed by atoms with Gasteiger partial charge in [-0.3, -0.25) is 9.00 Å². The fourth-order valence-corrected chi connectivity index (χ4v) is 4.13. The van der Waals surface area contributed by atoms with Gasteiger partial charge < -0.3 is 0 Å². The van der Waals surface area contributed by atoms with Crippen molar-refractivity contribution in [2.45, 2.75) is 38.5 Å². The molecule has 0 saturated carbocycles. The Labute approximate surface area is 132 Å². The third kappa shape index (κ3) is 3.89. The molecule has 0 aliphatic heterocycles. The average molecular weight is 320 g/mol. The summed E-state index contributed by atoms with van der Waals surface area (Å²) in [4.78, 5) is 15.1. The summed E-state index contributed by atoms with van der Waals surface area (Å²) in [6.07, 6.45) is 0. The molecule has 1 heterocycles. The van der Waals surface area contributed by atoms with Crippen molar-refractivity contribution in [3.8, 4) is 0 Å². The van der Waals surface area contributed by atoms with Gasteiger partial charge in [0.2, 0.25) is 0 Å². The second kappa shape index (κ2) is 6.67. The highest BCUT2D eigenvalue weighted by Gasteiger charge is 2.16. The Morgan fingerprint density at radius 2 is 1.81 bits per heavy atom. The third-order valence-corrected chi connectivity index (χ3v) is 5.70. The summed E-state index contributed by atoms with van der Waals surface area (Å²) < 4.78 is 12.3. The first-order chi connectivity index (χ1) is 9.88. The van der Waals surface area contributed by atoms with Gasteiger partial charge in [0, 0.05) is 20.2 Å². The van der Waals surface area contributed by atoms with Crippen LogP contribution >= 0.6 is 11.3 Å². The van der Waals surface area contributed by atoms with E-state index in [0.717, 1.165) is 14.6 Å². The van der Waals surface area contributed by atoms with Crippen LogP contribution in [0.5, 0.6) is 0 Å². The summed E-state index contributed by atoms with van der Waals surface area (Å²) in [7, 11) is -1.28. The predicted molar refractivity (Wildman–Crippen MR) is 89.9 cm³/mol. The van der Waals surface area contributed by atoms with Gasteiger partial charge >= 0.3 is 0 Å². The van der Waals surface area contributed by atoms with Crippen molar-refractivity contribution in [2.75, 3.05) is 5.75 Å². The summed E-state index contributed by atoms with van der Waals surface area (Å²) in [6.45, 7) is 8.16. The van der Waals surface area contributed by atoms with Gasteiger partial charge in [-0.2, -0.15) is 0 Å². The highest BCUT2D eigenvalue weighted by atomic mass is 32.2. The summed E-state index contributed by atoms with van der Waals surface area (Å²) >= 11 is 1.61. The first-order valence-corrected chi connectivity index (χ1v) is 9.10. The molecule has 4 heteroatoms. The summed E-state index contributed by atoms with van der Waals surface area (Å²) in [5, 5.41) is 0. The number of benzene rings is 1. The first kappa shape index (κ1) is 16.1. The van der Waals surface area contributed by atoms with Gasteiger partial charge in [-0.1, -0.05) is 26.0 Å². The number of carbonyl (C=O) groups is 1. The third-order valence-electron chi connectivity index (χ3n) is 3.41. The Morgan fingerprint density at radius 3 is 2.29 bits per heavy atom. The number of ketones is 1. The van der Waals surface area contributed by atoms with E-state index >= 15 is 0 Å². The lowest BCUT2D eigenvalue weighted by Crippen LogP contribution is -2.11. The van der Waals surface area contributed by atoms with Crippen LogP contribution in [0.1, 0.15) is 45.4 Å². The zero-order chi connectivity index (χ0) is 15.6. The maximum atomic E-state index is 12.3. The molecule has 112 valence electrons. The number of Topliss-reactive ketones (excluding diaryl/α,β-unsaturated/α-hetero) is 1. The maximum Gasteiger partial charge on any atom is 0.176 e. The summed E-state index contributed by atoms with van der Waals surface area (Å²) in [5.74, 6) is 0.464. The van der Waals surface area contributed by atoms with E-state index in [4.69, 9.17) is 0 Å². The van der Waals surface area contributed by atoms with E-state index in [1.165, 1.54) is 5.56 Å². The number of rotatable bonds is 5. The van der Waals surface area contributed by atoms with E-state index < -0.39 is 10.8 Å². The standard InChI is InChI=1S/C17H20O2S2/c1-11(2)14-5-7-15(8-6-14)21(19)10-17(18)16-9-12(3)20-13(16)4/h5-9,11H,10H2,1-4H3. The van der Waals surface area contributed by atoms with E-state index in [-0.39, 0.29) is 11.5 Å². The molecule has 1 unspecified atom stereocenters. The van der Waals surface area contributed by atoms with Crippen molar-refractivity contribution in [1.82, 2.24) is 0 Å². The maximum absolute atomic E-state index is 12.3. The highest BCUT2D eigenvalue weighted by molar-refractivity contribution is 7.85. The second-order valence-electron chi connectivity index (χ2n) is 5.46. The van der Waals surface area contributed by atoms with E-state index in [2.05, 4.69) is 13.8 Å². The van der Waals surface area contributed by atoms with Gasteiger partial charge in [0.05, 0.1) is 16.6 Å². The summed E-state index contributed by atoms with van der Waals surface area (Å²) in [5.41, 5.74) is 1.93. The molecule has 0 saturated heterocycles. The fourth-order valence-electron chi connectivity index (χ4n) is 2.19. The fraction of sp³-hybridized carbons (Fsp3) is 0.353. The molecule has 0 fully saturated rings. The van der Waals surface area contributed by atoms with Gasteiger partial charge in [-0.05, 0) is 43.5 Å². The Balaban J connectivity index is 2.10. The molecule has 1 aromatic carbocycles. The molecular formula is C17H20O2S2. The molecule has 0 radical (unpaired) electrons. The number of aryl methyl sites for hydroxylation is 2. The Morgan fingerprint density at radius 1 is 1.19 bits per heavy atom. The van der Waals surface area contributed by atoms with Crippen LogP contribution in [0.4, 0.5) is 0 Å². The lowest BCUT2D eigenvalue weighted by atomic mass is 10.0. The van der Waals surface area contributed by atoms with E-state index in [0.29, 0.717) is 11.5 Å². The largest absolute Gasteiger partial charge is 0.293 e. The lowest BCUT2D eigenvalue weighted by Gasteiger charge is -2.06. The van der Waals surface area contributed by atoms with Crippen LogP contribution in [0.3, 0.4) is 0 Å². The molecule has 1 aromatic heterocycles. The van der Waals surface area contributed by atoms with E-state index in [9.17, 15) is 9.00 Å². The van der Waals surface area contributed by atoms with Gasteiger partial charge in [0.15, 0.2) is 5.78 Å². The Bertz CT molecular complexity index is 667. The van der Waals surface area contributed by atoms with Gasteiger partial charge in [-0.15, -0.1) is 11.3 Å². The average Bonchev–Trinajstić information content (AvgIpc) is 2.77. The molecule has 1 atom stereocenters. The Kier molecular flexibility index (Phi) is 5.12. The molecule has 0 bridgehead atoms. The molecule has 2 nitrogen and oxygen atoms in total. The van der Waals surface area contributed by atoms with Crippen molar-refractivity contribution in [3.05, 3.63) is 51.2 Å². The van der Waals surface area contributed by atoms with Crippen LogP contribution < -0.4 is 0 Å². The predicted octanol–water partition coefficient (Wildman–Crippen LogP) is 4.48. The lowest BCUT2D eigenvalue weighted by molar-refractivity contribution is 0.102. The minimum Gasteiger partial charge on any atom is -0.293 e. The molecule has 0 aliphatic carbocycles. The molecular weight excluding hydrogens is 300 g/mol. The van der Waals surface area contributed by atoms with Crippen molar-refractivity contribution in [3.63, 3.8) is 0 Å². The number of hydrogen-bond acceptors (Lipinski definition) is 3.